The predicted molar refractivity (Wildman–Crippen MR) is 172 cm³/mol. The Morgan fingerprint density at radius 3 is 0.891 bits per heavy atom. The molecule has 0 aromatic heterocycles. The molecular weight excluding hydrogens is 602 g/mol. The first kappa shape index (κ1) is 42.2. The molecule has 0 bridgehead atoms. The number of carbonyl (C=O) groups is 6. The van der Waals surface area contributed by atoms with Crippen LogP contribution in [0, 0.1) is 0 Å². The maximum atomic E-state index is 12.5. The van der Waals surface area contributed by atoms with Crippen molar-refractivity contribution in [3.63, 3.8) is 0 Å². The summed E-state index contributed by atoms with van der Waals surface area (Å²) in [4.78, 5) is 75.4. The van der Waals surface area contributed by atoms with Crippen LogP contribution in [0.1, 0.15) is 83.1 Å². The predicted octanol–water partition coefficient (Wildman–Crippen LogP) is 1.38. The first-order valence-electron chi connectivity index (χ1n) is 15.4. The maximum absolute atomic E-state index is 12.5. The van der Waals surface area contributed by atoms with Crippen LogP contribution in [0.4, 0.5) is 14.4 Å². The molecule has 0 saturated carbocycles. The molecule has 0 radical (unpaired) electrons. The SMILES string of the molecule is C[C@H](NC(=O)OC(C)(C)C)C(=O)NCCN(CCNC(=O)[C@H](C)NC(=O)OC(C)(C)C)CCNC(=O)[C@H](C)NC(=O)OC(C)(C)C. The van der Waals surface area contributed by atoms with Gasteiger partial charge in [-0.15, -0.1) is 0 Å². The molecule has 0 aromatic rings. The summed E-state index contributed by atoms with van der Waals surface area (Å²) in [6, 6.07) is -2.54. The molecular formula is C30H57N7O9. The van der Waals surface area contributed by atoms with Crippen molar-refractivity contribution in [2.24, 2.45) is 0 Å². The first-order chi connectivity index (χ1) is 20.9. The van der Waals surface area contributed by atoms with Crippen molar-refractivity contribution in [2.75, 3.05) is 39.3 Å². The molecule has 16 heteroatoms. The molecule has 0 rings (SSSR count). The van der Waals surface area contributed by atoms with Gasteiger partial charge in [0.15, 0.2) is 0 Å². The van der Waals surface area contributed by atoms with E-state index >= 15 is 0 Å². The Hall–Kier alpha value is -3.82. The number of hydrogen-bond acceptors (Lipinski definition) is 10. The van der Waals surface area contributed by atoms with Crippen LogP contribution in [0.25, 0.3) is 0 Å². The molecule has 16 nitrogen and oxygen atoms in total. The van der Waals surface area contributed by atoms with Gasteiger partial charge in [0.05, 0.1) is 0 Å². The molecule has 0 fully saturated rings. The van der Waals surface area contributed by atoms with Crippen LogP contribution >= 0.6 is 0 Å². The molecule has 0 unspecified atom stereocenters. The number of nitrogens with one attached hydrogen (secondary N) is 6. The van der Waals surface area contributed by atoms with Gasteiger partial charge in [-0.2, -0.15) is 0 Å². The third kappa shape index (κ3) is 21.8. The summed E-state index contributed by atoms with van der Waals surface area (Å²) in [5.41, 5.74) is -2.13. The lowest BCUT2D eigenvalue weighted by molar-refractivity contribution is -0.123. The van der Waals surface area contributed by atoms with E-state index < -0.39 is 70.9 Å². The summed E-state index contributed by atoms with van der Waals surface area (Å²) in [5, 5.41) is 15.7. The maximum Gasteiger partial charge on any atom is 0.408 e. The van der Waals surface area contributed by atoms with Crippen molar-refractivity contribution in [1.82, 2.24) is 36.8 Å². The highest BCUT2D eigenvalue weighted by Gasteiger charge is 2.24. The molecule has 0 aliphatic rings. The van der Waals surface area contributed by atoms with E-state index in [0.717, 1.165) is 0 Å². The van der Waals surface area contributed by atoms with Crippen LogP contribution in [-0.4, -0.2) is 115 Å². The minimum atomic E-state index is -0.847. The number of amides is 6. The van der Waals surface area contributed by atoms with E-state index in [1.165, 1.54) is 20.8 Å². The van der Waals surface area contributed by atoms with Gasteiger partial charge in [0, 0.05) is 39.3 Å². The molecule has 0 heterocycles. The number of carbonyl (C=O) groups excluding carboxylic acids is 6. The van der Waals surface area contributed by atoms with Crippen molar-refractivity contribution in [1.29, 1.82) is 0 Å². The molecule has 266 valence electrons. The van der Waals surface area contributed by atoms with Crippen LogP contribution in [0.15, 0.2) is 0 Å². The highest BCUT2D eigenvalue weighted by molar-refractivity contribution is 5.86. The fourth-order valence-electron chi connectivity index (χ4n) is 3.46. The average Bonchev–Trinajstić information content (AvgIpc) is 2.84. The molecule has 6 amide bonds. The second-order valence-electron chi connectivity index (χ2n) is 13.8. The molecule has 0 aliphatic carbocycles. The van der Waals surface area contributed by atoms with Crippen LogP contribution < -0.4 is 31.9 Å². The standard InChI is InChI=1S/C30H57N7O9/c1-19(34-25(41)44-28(4,5)6)22(38)31-13-16-37(17-14-32-23(39)20(2)35-26(42)45-29(7,8)9)18-15-33-24(40)21(3)36-27(43)46-30(10,11)12/h19-21H,13-18H2,1-12H3,(H,31,38)(H,32,39)(H,33,40)(H,34,41)(H,35,42)(H,36,43)/t19-,20-,21-/m0/s1. The van der Waals surface area contributed by atoms with E-state index in [1.54, 1.807) is 62.3 Å². The smallest absolute Gasteiger partial charge is 0.408 e. The van der Waals surface area contributed by atoms with Gasteiger partial charge in [-0.1, -0.05) is 0 Å². The van der Waals surface area contributed by atoms with Crippen LogP contribution in [0.3, 0.4) is 0 Å². The van der Waals surface area contributed by atoms with Gasteiger partial charge in [-0.05, 0) is 83.1 Å². The van der Waals surface area contributed by atoms with Gasteiger partial charge in [0.1, 0.15) is 34.9 Å². The van der Waals surface area contributed by atoms with Crippen LogP contribution in [0.2, 0.25) is 0 Å². The first-order valence-corrected chi connectivity index (χ1v) is 15.4. The Morgan fingerprint density at radius 1 is 0.478 bits per heavy atom. The zero-order valence-corrected chi connectivity index (χ0v) is 29.6. The summed E-state index contributed by atoms with van der Waals surface area (Å²) in [5.74, 6) is -1.26. The lowest BCUT2D eigenvalue weighted by Gasteiger charge is -2.25. The monoisotopic (exact) mass is 659 g/mol. The van der Waals surface area contributed by atoms with Gasteiger partial charge >= 0.3 is 18.3 Å². The van der Waals surface area contributed by atoms with Gasteiger partial charge in [-0.3, -0.25) is 19.3 Å². The van der Waals surface area contributed by atoms with Gasteiger partial charge in [0.25, 0.3) is 0 Å². The molecule has 6 N–H and O–H groups in total. The van der Waals surface area contributed by atoms with Crippen LogP contribution in [-0.2, 0) is 28.6 Å². The van der Waals surface area contributed by atoms with Crippen LogP contribution in [0.5, 0.6) is 0 Å². The van der Waals surface area contributed by atoms with E-state index in [9.17, 15) is 28.8 Å². The Kier molecular flexibility index (Phi) is 17.4. The minimum Gasteiger partial charge on any atom is -0.444 e. The zero-order chi connectivity index (χ0) is 35.9. The highest BCUT2D eigenvalue weighted by Crippen LogP contribution is 2.08. The molecule has 0 aliphatic heterocycles. The summed E-state index contributed by atoms with van der Waals surface area (Å²) in [6.45, 7) is 21.7. The second-order valence-corrected chi connectivity index (χ2v) is 13.8. The summed E-state index contributed by atoms with van der Waals surface area (Å²) < 4.78 is 15.5. The third-order valence-corrected chi connectivity index (χ3v) is 5.56. The highest BCUT2D eigenvalue weighted by atomic mass is 16.6. The van der Waals surface area contributed by atoms with Crippen molar-refractivity contribution in [3.8, 4) is 0 Å². The Balaban J connectivity index is 5.07. The van der Waals surface area contributed by atoms with Gasteiger partial charge < -0.3 is 46.1 Å². The van der Waals surface area contributed by atoms with E-state index in [4.69, 9.17) is 14.2 Å². The van der Waals surface area contributed by atoms with Gasteiger partial charge in [0.2, 0.25) is 17.7 Å². The molecule has 0 aromatic carbocycles. The molecule has 46 heavy (non-hydrogen) atoms. The topological polar surface area (TPSA) is 206 Å². The number of hydrogen-bond donors (Lipinski definition) is 6. The lowest BCUT2D eigenvalue weighted by Crippen LogP contribution is -2.50. The normalized spacial score (nSPS) is 13.8. The summed E-state index contributed by atoms with van der Waals surface area (Å²) >= 11 is 0. The summed E-state index contributed by atoms with van der Waals surface area (Å²) in [7, 11) is 0. The lowest BCUT2D eigenvalue weighted by atomic mass is 10.2. The fourth-order valence-corrected chi connectivity index (χ4v) is 3.46. The Morgan fingerprint density at radius 2 is 0.696 bits per heavy atom. The van der Waals surface area contributed by atoms with Crippen molar-refractivity contribution in [2.45, 2.75) is 118 Å². The molecule has 0 spiro atoms. The largest absolute Gasteiger partial charge is 0.444 e. The summed E-state index contributed by atoms with van der Waals surface area (Å²) in [6.07, 6.45) is -2.14. The van der Waals surface area contributed by atoms with Gasteiger partial charge in [-0.25, -0.2) is 14.4 Å². The van der Waals surface area contributed by atoms with Crippen molar-refractivity contribution < 1.29 is 43.0 Å². The van der Waals surface area contributed by atoms with E-state index in [2.05, 4.69) is 31.9 Å². The van der Waals surface area contributed by atoms with Crippen molar-refractivity contribution in [3.05, 3.63) is 0 Å². The minimum absolute atomic E-state index is 0.203. The molecule has 3 atom stereocenters. The Labute approximate surface area is 273 Å². The average molecular weight is 660 g/mol. The Bertz CT molecular complexity index is 905. The second kappa shape index (κ2) is 19.0. The number of ether oxygens (including phenoxy) is 3. The fraction of sp³-hybridized carbons (Fsp3) is 0.800. The quantitative estimate of drug-likeness (QED) is 0.139. The van der Waals surface area contributed by atoms with E-state index in [1.807, 2.05) is 4.90 Å². The third-order valence-electron chi connectivity index (χ3n) is 5.56. The number of alkyl carbamates (subject to hydrolysis) is 3. The molecule has 0 saturated heterocycles. The van der Waals surface area contributed by atoms with E-state index in [0.29, 0.717) is 19.6 Å². The number of rotatable bonds is 15. The van der Waals surface area contributed by atoms with E-state index in [-0.39, 0.29) is 19.6 Å². The van der Waals surface area contributed by atoms with Crippen molar-refractivity contribution >= 4 is 36.0 Å². The number of nitrogens with zero attached hydrogens (tertiary/aromatic N) is 1. The zero-order valence-electron chi connectivity index (χ0n) is 29.6.